The summed E-state index contributed by atoms with van der Waals surface area (Å²) >= 11 is 1.50. The highest BCUT2D eigenvalue weighted by atomic mass is 32.1. The van der Waals surface area contributed by atoms with Crippen molar-refractivity contribution in [2.24, 2.45) is 5.73 Å². The van der Waals surface area contributed by atoms with E-state index in [2.05, 4.69) is 10.2 Å². The molecule has 2 aromatic rings. The molecule has 1 aliphatic heterocycles. The Kier molecular flexibility index (Phi) is 5.47. The van der Waals surface area contributed by atoms with Crippen molar-refractivity contribution in [3.8, 4) is 5.75 Å². The minimum absolute atomic E-state index is 0.0690. The number of anilines is 2. The molecule has 2 heterocycles. The van der Waals surface area contributed by atoms with Gasteiger partial charge >= 0.3 is 0 Å². The lowest BCUT2D eigenvalue weighted by molar-refractivity contribution is -0.914. The van der Waals surface area contributed by atoms with Gasteiger partial charge in [0.15, 0.2) is 6.04 Å². The van der Waals surface area contributed by atoms with E-state index < -0.39 is 5.91 Å². The van der Waals surface area contributed by atoms with Crippen LogP contribution in [0.15, 0.2) is 24.3 Å². The number of carbonyl (C=O) groups is 2. The second kappa shape index (κ2) is 8.04. The highest BCUT2D eigenvalue weighted by Gasteiger charge is 2.32. The number of rotatable bonds is 5. The van der Waals surface area contributed by atoms with Gasteiger partial charge in [-0.15, -0.1) is 11.3 Å². The number of piperazine rings is 1. The van der Waals surface area contributed by atoms with Crippen LogP contribution in [0.1, 0.15) is 34.1 Å². The molecule has 4 rings (SSSR count). The Bertz CT molecular complexity index is 917. The molecule has 1 aromatic carbocycles. The highest BCUT2D eigenvalue weighted by Crippen LogP contribution is 2.38. The van der Waals surface area contributed by atoms with Crippen LogP contribution in [0.25, 0.3) is 0 Å². The molecule has 7 nitrogen and oxygen atoms in total. The second-order valence-corrected chi connectivity index (χ2v) is 8.90. The number of quaternary nitrogens is 1. The van der Waals surface area contributed by atoms with E-state index in [9.17, 15) is 14.7 Å². The van der Waals surface area contributed by atoms with E-state index in [0.717, 1.165) is 56.7 Å². The SMILES string of the molecule is C[C@@H](C(=O)Nc1sc2c(c1C(N)=O)CCC2)[NH+]1CCN(c2ccc(O)cc2)CC1. The molecule has 1 aliphatic carbocycles. The number of amides is 2. The fourth-order valence-corrected chi connectivity index (χ4v) is 5.60. The van der Waals surface area contributed by atoms with E-state index in [-0.39, 0.29) is 17.7 Å². The number of benzene rings is 1. The van der Waals surface area contributed by atoms with Crippen LogP contribution in [0, 0.1) is 0 Å². The zero-order valence-electron chi connectivity index (χ0n) is 16.5. The van der Waals surface area contributed by atoms with Gasteiger partial charge in [0.1, 0.15) is 10.8 Å². The number of nitrogens with one attached hydrogen (secondary N) is 2. The normalized spacial score (nSPS) is 17.8. The first kappa shape index (κ1) is 19.7. The molecule has 0 spiro atoms. The minimum Gasteiger partial charge on any atom is -0.508 e. The van der Waals surface area contributed by atoms with Crippen molar-refractivity contribution in [1.29, 1.82) is 0 Å². The van der Waals surface area contributed by atoms with Crippen molar-refractivity contribution in [3.05, 3.63) is 40.3 Å². The molecule has 0 bridgehead atoms. The van der Waals surface area contributed by atoms with Crippen molar-refractivity contribution in [2.75, 3.05) is 36.4 Å². The van der Waals surface area contributed by atoms with Gasteiger partial charge in [0.2, 0.25) is 0 Å². The van der Waals surface area contributed by atoms with Gasteiger partial charge in [-0.1, -0.05) is 0 Å². The number of nitrogens with two attached hydrogens (primary N) is 1. The molecule has 1 saturated heterocycles. The molecule has 5 N–H and O–H groups in total. The van der Waals surface area contributed by atoms with Gasteiger partial charge in [-0.05, 0) is 56.0 Å². The van der Waals surface area contributed by atoms with Gasteiger partial charge in [-0.3, -0.25) is 9.59 Å². The first-order valence-corrected chi connectivity index (χ1v) is 10.9. The number of carbonyl (C=O) groups excluding carboxylic acids is 2. The molecule has 2 aliphatic rings. The maximum Gasteiger partial charge on any atom is 0.282 e. The zero-order chi connectivity index (χ0) is 20.5. The number of primary amides is 1. The predicted octanol–water partition coefficient (Wildman–Crippen LogP) is 0.773. The van der Waals surface area contributed by atoms with Crippen LogP contribution in [0.5, 0.6) is 5.75 Å². The molecule has 0 radical (unpaired) electrons. The fraction of sp³-hybridized carbons (Fsp3) is 0.429. The summed E-state index contributed by atoms with van der Waals surface area (Å²) in [5.74, 6) is -0.263. The Morgan fingerprint density at radius 3 is 2.55 bits per heavy atom. The molecule has 154 valence electrons. The first-order chi connectivity index (χ1) is 13.9. The fourth-order valence-electron chi connectivity index (χ4n) is 4.31. The third kappa shape index (κ3) is 3.95. The van der Waals surface area contributed by atoms with Gasteiger partial charge < -0.3 is 26.0 Å². The predicted molar refractivity (Wildman–Crippen MR) is 114 cm³/mol. The summed E-state index contributed by atoms with van der Waals surface area (Å²) in [5.41, 5.74) is 8.22. The lowest BCUT2D eigenvalue weighted by atomic mass is 10.1. The summed E-state index contributed by atoms with van der Waals surface area (Å²) in [7, 11) is 0. The van der Waals surface area contributed by atoms with Crippen LogP contribution < -0.4 is 20.9 Å². The van der Waals surface area contributed by atoms with E-state index in [1.165, 1.54) is 21.1 Å². The van der Waals surface area contributed by atoms with E-state index >= 15 is 0 Å². The largest absolute Gasteiger partial charge is 0.508 e. The smallest absolute Gasteiger partial charge is 0.282 e. The van der Waals surface area contributed by atoms with Crippen molar-refractivity contribution < 1.29 is 19.6 Å². The van der Waals surface area contributed by atoms with E-state index in [0.29, 0.717) is 10.6 Å². The van der Waals surface area contributed by atoms with Crippen molar-refractivity contribution in [2.45, 2.75) is 32.2 Å². The van der Waals surface area contributed by atoms with Crippen LogP contribution in [-0.4, -0.2) is 49.1 Å². The Labute approximate surface area is 174 Å². The van der Waals surface area contributed by atoms with Crippen LogP contribution in [0.4, 0.5) is 10.7 Å². The van der Waals surface area contributed by atoms with E-state index in [1.54, 1.807) is 12.1 Å². The standard InChI is InChI=1S/C21H26N4O3S/c1-13(24-9-11-25(12-10-24)14-5-7-15(26)8-6-14)20(28)23-21-18(19(22)27)16-3-2-4-17(16)29-21/h5-8,13,26H,2-4,9-12H2,1H3,(H2,22,27)(H,23,28)/p+1/t13-/m0/s1. The second-order valence-electron chi connectivity index (χ2n) is 7.80. The molecule has 8 heteroatoms. The van der Waals surface area contributed by atoms with Gasteiger partial charge in [-0.2, -0.15) is 0 Å². The summed E-state index contributed by atoms with van der Waals surface area (Å²) in [4.78, 5) is 29.5. The monoisotopic (exact) mass is 415 g/mol. The van der Waals surface area contributed by atoms with E-state index in [4.69, 9.17) is 5.73 Å². The van der Waals surface area contributed by atoms with Gasteiger partial charge in [0.25, 0.3) is 11.8 Å². The molecular formula is C21H27N4O3S+. The van der Waals surface area contributed by atoms with Crippen LogP contribution in [0.2, 0.25) is 0 Å². The van der Waals surface area contributed by atoms with Crippen molar-refractivity contribution >= 4 is 33.8 Å². The molecule has 1 fully saturated rings. The number of hydrogen-bond donors (Lipinski definition) is 4. The van der Waals surface area contributed by atoms with Gasteiger partial charge in [0, 0.05) is 10.6 Å². The number of nitrogens with zero attached hydrogens (tertiary/aromatic N) is 1. The summed E-state index contributed by atoms with van der Waals surface area (Å²) in [6, 6.07) is 7.00. The molecule has 29 heavy (non-hydrogen) atoms. The number of phenols is 1. The van der Waals surface area contributed by atoms with Crippen molar-refractivity contribution in [3.63, 3.8) is 0 Å². The Balaban J connectivity index is 1.38. The number of fused-ring (bicyclic) bond motifs is 1. The third-order valence-electron chi connectivity index (χ3n) is 6.03. The molecule has 1 aromatic heterocycles. The number of aryl methyl sites for hydroxylation is 1. The van der Waals surface area contributed by atoms with Crippen LogP contribution in [0.3, 0.4) is 0 Å². The topological polar surface area (TPSA) is 100 Å². The maximum atomic E-state index is 12.9. The zero-order valence-corrected chi connectivity index (χ0v) is 17.3. The van der Waals surface area contributed by atoms with Gasteiger partial charge in [-0.25, -0.2) is 0 Å². The molecule has 2 amide bonds. The highest BCUT2D eigenvalue weighted by molar-refractivity contribution is 7.17. The number of phenolic OH excluding ortho intramolecular Hbond substituents is 1. The average Bonchev–Trinajstić information content (AvgIpc) is 3.28. The summed E-state index contributed by atoms with van der Waals surface area (Å²) < 4.78 is 0. The minimum atomic E-state index is -0.456. The lowest BCUT2D eigenvalue weighted by Gasteiger charge is -2.36. The van der Waals surface area contributed by atoms with Crippen LogP contribution >= 0.6 is 11.3 Å². The Morgan fingerprint density at radius 1 is 1.21 bits per heavy atom. The third-order valence-corrected chi connectivity index (χ3v) is 7.24. The quantitative estimate of drug-likeness (QED) is 0.580. The van der Waals surface area contributed by atoms with Gasteiger partial charge in [0.05, 0.1) is 31.7 Å². The molecule has 0 saturated carbocycles. The summed E-state index contributed by atoms with van der Waals surface area (Å²) in [5, 5.41) is 13.0. The number of hydrogen-bond acceptors (Lipinski definition) is 5. The summed E-state index contributed by atoms with van der Waals surface area (Å²) in [6.07, 6.45) is 2.86. The Hall–Kier alpha value is -2.58. The average molecular weight is 416 g/mol. The lowest BCUT2D eigenvalue weighted by Crippen LogP contribution is -3.19. The van der Waals surface area contributed by atoms with E-state index in [1.807, 2.05) is 19.1 Å². The number of thiophene rings is 1. The van der Waals surface area contributed by atoms with Crippen LogP contribution in [-0.2, 0) is 17.6 Å². The maximum absolute atomic E-state index is 12.9. The van der Waals surface area contributed by atoms with Crippen molar-refractivity contribution in [1.82, 2.24) is 0 Å². The molecule has 1 atom stereocenters. The first-order valence-electron chi connectivity index (χ1n) is 10.1. The molecular weight excluding hydrogens is 388 g/mol. The molecule has 0 unspecified atom stereocenters. The summed E-state index contributed by atoms with van der Waals surface area (Å²) in [6.45, 7) is 5.32. The Morgan fingerprint density at radius 2 is 1.90 bits per heavy atom. The number of aromatic hydroxyl groups is 1.